The molecule has 0 aliphatic carbocycles. The lowest BCUT2D eigenvalue weighted by Gasteiger charge is -2.30. The van der Waals surface area contributed by atoms with Crippen molar-refractivity contribution < 1.29 is 9.32 Å². The SMILES string of the molecule is CCCN(C(=O)Cc1noc2ccccc12)C(C)c1ccccc1Br. The highest BCUT2D eigenvalue weighted by molar-refractivity contribution is 9.10. The molecule has 0 saturated carbocycles. The molecular weight excluding hydrogens is 380 g/mol. The fraction of sp³-hybridized carbons (Fsp3) is 0.300. The topological polar surface area (TPSA) is 46.3 Å². The second-order valence-electron chi connectivity index (χ2n) is 6.09. The minimum Gasteiger partial charge on any atom is -0.356 e. The molecular formula is C20H21BrN2O2. The number of carbonyl (C=O) groups is 1. The second kappa shape index (κ2) is 7.83. The number of hydrogen-bond acceptors (Lipinski definition) is 3. The molecule has 0 radical (unpaired) electrons. The van der Waals surface area contributed by atoms with Crippen LogP contribution in [0.3, 0.4) is 0 Å². The van der Waals surface area contributed by atoms with Crippen molar-refractivity contribution in [2.75, 3.05) is 6.54 Å². The molecule has 4 nitrogen and oxygen atoms in total. The molecule has 1 heterocycles. The highest BCUT2D eigenvalue weighted by Crippen LogP contribution is 2.28. The van der Waals surface area contributed by atoms with E-state index in [9.17, 15) is 4.79 Å². The maximum Gasteiger partial charge on any atom is 0.229 e. The highest BCUT2D eigenvalue weighted by atomic mass is 79.9. The van der Waals surface area contributed by atoms with Gasteiger partial charge in [-0.2, -0.15) is 0 Å². The third-order valence-electron chi connectivity index (χ3n) is 4.38. The summed E-state index contributed by atoms with van der Waals surface area (Å²) in [6, 6.07) is 15.7. The number of hydrogen-bond donors (Lipinski definition) is 0. The lowest BCUT2D eigenvalue weighted by molar-refractivity contribution is -0.132. The Morgan fingerprint density at radius 1 is 1.20 bits per heavy atom. The molecule has 3 aromatic rings. The zero-order valence-corrected chi connectivity index (χ0v) is 16.0. The Morgan fingerprint density at radius 3 is 2.68 bits per heavy atom. The Balaban J connectivity index is 1.85. The predicted octanol–water partition coefficient (Wildman–Crippen LogP) is 5.13. The van der Waals surface area contributed by atoms with E-state index in [1.807, 2.05) is 47.4 Å². The third-order valence-corrected chi connectivity index (χ3v) is 5.10. The minimum atomic E-state index is -0.0128. The van der Waals surface area contributed by atoms with Gasteiger partial charge in [-0.15, -0.1) is 0 Å². The van der Waals surface area contributed by atoms with E-state index in [-0.39, 0.29) is 18.4 Å². The molecule has 5 heteroatoms. The van der Waals surface area contributed by atoms with Gasteiger partial charge in [-0.3, -0.25) is 4.79 Å². The first-order valence-corrected chi connectivity index (χ1v) is 9.28. The van der Waals surface area contributed by atoms with Gasteiger partial charge >= 0.3 is 0 Å². The monoisotopic (exact) mass is 400 g/mol. The molecule has 0 bridgehead atoms. The van der Waals surface area contributed by atoms with Crippen LogP contribution in [0.2, 0.25) is 0 Å². The van der Waals surface area contributed by atoms with E-state index in [0.717, 1.165) is 21.8 Å². The van der Waals surface area contributed by atoms with E-state index < -0.39 is 0 Å². The largest absolute Gasteiger partial charge is 0.356 e. The van der Waals surface area contributed by atoms with Crippen molar-refractivity contribution in [2.45, 2.75) is 32.7 Å². The van der Waals surface area contributed by atoms with Crippen LogP contribution in [-0.2, 0) is 11.2 Å². The van der Waals surface area contributed by atoms with Gasteiger partial charge in [0.25, 0.3) is 0 Å². The first kappa shape index (κ1) is 17.7. The fourth-order valence-corrected chi connectivity index (χ4v) is 3.68. The van der Waals surface area contributed by atoms with E-state index in [1.54, 1.807) is 0 Å². The Bertz CT molecular complexity index is 875. The van der Waals surface area contributed by atoms with Crippen LogP contribution in [0.5, 0.6) is 0 Å². The van der Waals surface area contributed by atoms with Gasteiger partial charge in [0.05, 0.1) is 12.5 Å². The van der Waals surface area contributed by atoms with E-state index in [0.29, 0.717) is 17.8 Å². The molecule has 130 valence electrons. The first-order valence-electron chi connectivity index (χ1n) is 8.49. The molecule has 1 atom stereocenters. The molecule has 3 rings (SSSR count). The van der Waals surface area contributed by atoms with Crippen LogP contribution in [0, 0.1) is 0 Å². The molecule has 2 aromatic carbocycles. The van der Waals surface area contributed by atoms with E-state index >= 15 is 0 Å². The molecule has 0 spiro atoms. The quantitative estimate of drug-likeness (QED) is 0.575. The zero-order chi connectivity index (χ0) is 17.8. The number of rotatable bonds is 6. The molecule has 1 unspecified atom stereocenters. The van der Waals surface area contributed by atoms with Gasteiger partial charge < -0.3 is 9.42 Å². The number of fused-ring (bicyclic) bond motifs is 1. The Hall–Kier alpha value is -2.14. The smallest absolute Gasteiger partial charge is 0.229 e. The Labute approximate surface area is 155 Å². The zero-order valence-electron chi connectivity index (χ0n) is 14.4. The standard InChI is InChI=1S/C20H21BrN2O2/c1-3-12-23(14(2)15-8-4-6-10-17(15)21)20(24)13-18-16-9-5-7-11-19(16)25-22-18/h4-11,14H,3,12-13H2,1-2H3. The lowest BCUT2D eigenvalue weighted by atomic mass is 10.1. The summed E-state index contributed by atoms with van der Waals surface area (Å²) in [5.41, 5.74) is 2.52. The maximum atomic E-state index is 13.0. The van der Waals surface area contributed by atoms with Gasteiger partial charge in [0, 0.05) is 16.4 Å². The van der Waals surface area contributed by atoms with Gasteiger partial charge in [-0.1, -0.05) is 58.3 Å². The van der Waals surface area contributed by atoms with Crippen LogP contribution >= 0.6 is 15.9 Å². The number of aromatic nitrogens is 1. The third kappa shape index (κ3) is 3.76. The normalized spacial score (nSPS) is 12.3. The summed E-state index contributed by atoms with van der Waals surface area (Å²) < 4.78 is 6.34. The van der Waals surface area contributed by atoms with Crippen molar-refractivity contribution in [1.82, 2.24) is 10.1 Å². The van der Waals surface area contributed by atoms with Gasteiger partial charge in [0.15, 0.2) is 5.58 Å². The van der Waals surface area contributed by atoms with Crippen molar-refractivity contribution in [3.63, 3.8) is 0 Å². The molecule has 0 saturated heterocycles. The van der Waals surface area contributed by atoms with E-state index in [2.05, 4.69) is 41.0 Å². The van der Waals surface area contributed by atoms with Gasteiger partial charge in [-0.25, -0.2) is 0 Å². The number of carbonyl (C=O) groups excluding carboxylic acids is 1. The van der Waals surface area contributed by atoms with Crippen molar-refractivity contribution in [2.24, 2.45) is 0 Å². The highest BCUT2D eigenvalue weighted by Gasteiger charge is 2.24. The molecule has 0 fully saturated rings. The first-order chi connectivity index (χ1) is 12.1. The molecule has 1 aromatic heterocycles. The van der Waals surface area contributed by atoms with Crippen molar-refractivity contribution in [3.8, 4) is 0 Å². The second-order valence-corrected chi connectivity index (χ2v) is 6.94. The van der Waals surface area contributed by atoms with E-state index in [4.69, 9.17) is 4.52 Å². The average Bonchev–Trinajstić information content (AvgIpc) is 3.02. The molecule has 0 aliphatic rings. The lowest BCUT2D eigenvalue weighted by Crippen LogP contribution is -2.35. The van der Waals surface area contributed by atoms with Crippen LogP contribution in [0.25, 0.3) is 11.0 Å². The van der Waals surface area contributed by atoms with Gasteiger partial charge in [0.1, 0.15) is 5.69 Å². The summed E-state index contributed by atoms with van der Waals surface area (Å²) >= 11 is 3.59. The summed E-state index contributed by atoms with van der Waals surface area (Å²) in [7, 11) is 0. The number of benzene rings is 2. The van der Waals surface area contributed by atoms with Crippen molar-refractivity contribution >= 4 is 32.8 Å². The fourth-order valence-electron chi connectivity index (χ4n) is 3.07. The Morgan fingerprint density at radius 2 is 1.92 bits per heavy atom. The molecule has 1 amide bonds. The summed E-state index contributed by atoms with van der Waals surface area (Å²) in [5, 5.41) is 5.00. The Kier molecular flexibility index (Phi) is 5.53. The summed E-state index contributed by atoms with van der Waals surface area (Å²) in [6.07, 6.45) is 1.14. The minimum absolute atomic E-state index is 0.0128. The van der Waals surface area contributed by atoms with E-state index in [1.165, 1.54) is 0 Å². The van der Waals surface area contributed by atoms with Crippen LogP contribution in [0.4, 0.5) is 0 Å². The number of para-hydroxylation sites is 1. The van der Waals surface area contributed by atoms with Crippen molar-refractivity contribution in [1.29, 1.82) is 0 Å². The van der Waals surface area contributed by atoms with Crippen LogP contribution in [0.1, 0.15) is 37.6 Å². The van der Waals surface area contributed by atoms with Gasteiger partial charge in [-0.05, 0) is 37.1 Å². The average molecular weight is 401 g/mol. The predicted molar refractivity (Wildman–Crippen MR) is 102 cm³/mol. The number of amides is 1. The summed E-state index contributed by atoms with van der Waals surface area (Å²) in [6.45, 7) is 4.85. The van der Waals surface area contributed by atoms with Crippen LogP contribution in [-0.4, -0.2) is 22.5 Å². The van der Waals surface area contributed by atoms with Crippen LogP contribution in [0.15, 0.2) is 57.5 Å². The summed E-state index contributed by atoms with van der Waals surface area (Å²) in [5.74, 6) is 0.0594. The molecule has 0 aliphatic heterocycles. The van der Waals surface area contributed by atoms with Crippen molar-refractivity contribution in [3.05, 3.63) is 64.3 Å². The maximum absolute atomic E-state index is 13.0. The molecule has 25 heavy (non-hydrogen) atoms. The number of halogens is 1. The van der Waals surface area contributed by atoms with Gasteiger partial charge in [0.2, 0.25) is 5.91 Å². The van der Waals surface area contributed by atoms with Crippen LogP contribution < -0.4 is 0 Å². The summed E-state index contributed by atoms with van der Waals surface area (Å²) in [4.78, 5) is 14.9. The molecule has 0 N–H and O–H groups in total. The number of nitrogens with zero attached hydrogens (tertiary/aromatic N) is 2.